The van der Waals surface area contributed by atoms with Crippen molar-refractivity contribution in [2.45, 2.75) is 32.7 Å². The van der Waals surface area contributed by atoms with Crippen LogP contribution in [0.1, 0.15) is 38.3 Å². The van der Waals surface area contributed by atoms with Crippen molar-refractivity contribution in [2.75, 3.05) is 6.61 Å². The van der Waals surface area contributed by atoms with E-state index in [4.69, 9.17) is 9.47 Å². The van der Waals surface area contributed by atoms with Gasteiger partial charge in [-0.15, -0.1) is 0 Å². The fraction of sp³-hybridized carbons (Fsp3) is 0.333. The van der Waals surface area contributed by atoms with Crippen LogP contribution in [0.25, 0.3) is 0 Å². The Morgan fingerprint density at radius 1 is 1.00 bits per heavy atom. The molecule has 2 aromatic rings. The fourth-order valence-corrected chi connectivity index (χ4v) is 2.25. The minimum Gasteiger partial charge on any atom is -0.490 e. The highest BCUT2D eigenvalue weighted by molar-refractivity contribution is 5.43. The molecule has 0 saturated heterocycles. The Kier molecular flexibility index (Phi) is 5.95. The Bertz CT molecular complexity index is 596. The predicted octanol–water partition coefficient (Wildman–Crippen LogP) is 5.49. The van der Waals surface area contributed by atoms with Gasteiger partial charge in [0.05, 0.1) is 6.61 Å². The van der Waals surface area contributed by atoms with Crippen molar-refractivity contribution < 1.29 is 9.47 Å². The molecular formula is C18H21NO3. The predicted molar refractivity (Wildman–Crippen MR) is 87.6 cm³/mol. The van der Waals surface area contributed by atoms with Crippen LogP contribution < -0.4 is 9.47 Å². The van der Waals surface area contributed by atoms with Crippen LogP contribution in [0, 0.1) is 4.91 Å². The maximum atomic E-state index is 10.9. The van der Waals surface area contributed by atoms with Gasteiger partial charge >= 0.3 is 0 Å². The number of hydrogen-bond acceptors (Lipinski definition) is 4. The molecule has 0 heterocycles. The Balaban J connectivity index is 2.13. The van der Waals surface area contributed by atoms with Gasteiger partial charge in [-0.3, -0.25) is 0 Å². The van der Waals surface area contributed by atoms with E-state index in [1.165, 1.54) is 0 Å². The van der Waals surface area contributed by atoms with Crippen molar-refractivity contribution in [3.63, 3.8) is 0 Å². The number of rotatable bonds is 8. The molecule has 116 valence electrons. The Labute approximate surface area is 131 Å². The van der Waals surface area contributed by atoms with E-state index in [9.17, 15) is 4.91 Å². The molecule has 0 bridgehead atoms. The lowest BCUT2D eigenvalue weighted by molar-refractivity contribution is 0.321. The molecule has 0 spiro atoms. The molecule has 0 saturated carbocycles. The lowest BCUT2D eigenvalue weighted by Crippen LogP contribution is -1.96. The van der Waals surface area contributed by atoms with Crippen LogP contribution in [0.5, 0.6) is 17.2 Å². The lowest BCUT2D eigenvalue weighted by atomic mass is 10.0. The summed E-state index contributed by atoms with van der Waals surface area (Å²) in [6, 6.07) is 14.8. The van der Waals surface area contributed by atoms with E-state index in [1.807, 2.05) is 62.4 Å². The van der Waals surface area contributed by atoms with E-state index in [2.05, 4.69) is 5.18 Å². The molecule has 0 radical (unpaired) electrons. The maximum Gasteiger partial charge on any atom is 0.169 e. The van der Waals surface area contributed by atoms with E-state index in [-0.39, 0.29) is 6.04 Å². The van der Waals surface area contributed by atoms with Gasteiger partial charge in [0.25, 0.3) is 0 Å². The zero-order valence-electron chi connectivity index (χ0n) is 13.0. The molecule has 0 fully saturated rings. The highest BCUT2D eigenvalue weighted by Gasteiger charge is 2.11. The molecule has 1 unspecified atom stereocenters. The van der Waals surface area contributed by atoms with Gasteiger partial charge in [-0.25, -0.2) is 0 Å². The Morgan fingerprint density at radius 2 is 1.68 bits per heavy atom. The molecule has 0 aromatic heterocycles. The number of nitrogens with zero attached hydrogens (tertiary/aromatic N) is 1. The summed E-state index contributed by atoms with van der Waals surface area (Å²) in [4.78, 5) is 10.9. The molecule has 2 rings (SSSR count). The highest BCUT2D eigenvalue weighted by atomic mass is 16.5. The summed E-state index contributed by atoms with van der Waals surface area (Å²) in [6.45, 7) is 4.56. The monoisotopic (exact) mass is 299 g/mol. The van der Waals surface area contributed by atoms with Crippen LogP contribution in [-0.4, -0.2) is 6.61 Å². The topological polar surface area (TPSA) is 47.9 Å². The summed E-state index contributed by atoms with van der Waals surface area (Å²) in [5, 5.41) is 3.19. The first kappa shape index (κ1) is 16.0. The SMILES string of the molecule is CCCC(N=O)c1ccc(Oc2ccccc2OCC)cc1. The van der Waals surface area contributed by atoms with E-state index in [1.54, 1.807) is 0 Å². The molecule has 22 heavy (non-hydrogen) atoms. The summed E-state index contributed by atoms with van der Waals surface area (Å²) in [5.74, 6) is 2.10. The van der Waals surface area contributed by atoms with E-state index >= 15 is 0 Å². The second-order valence-electron chi connectivity index (χ2n) is 4.96. The van der Waals surface area contributed by atoms with Crippen LogP contribution in [0.2, 0.25) is 0 Å². The molecule has 0 amide bonds. The second kappa shape index (κ2) is 8.17. The largest absolute Gasteiger partial charge is 0.490 e. The Hall–Kier alpha value is -2.36. The van der Waals surface area contributed by atoms with Crippen molar-refractivity contribution in [3.8, 4) is 17.2 Å². The van der Waals surface area contributed by atoms with E-state index in [0.717, 1.165) is 18.4 Å². The van der Waals surface area contributed by atoms with Crippen molar-refractivity contribution in [3.05, 3.63) is 59.0 Å². The van der Waals surface area contributed by atoms with Crippen LogP contribution in [0.3, 0.4) is 0 Å². The summed E-state index contributed by atoms with van der Waals surface area (Å²) in [5.41, 5.74) is 0.919. The van der Waals surface area contributed by atoms with Crippen LogP contribution in [0.15, 0.2) is 53.7 Å². The average molecular weight is 299 g/mol. The number of benzene rings is 2. The zero-order chi connectivity index (χ0) is 15.8. The first-order valence-corrected chi connectivity index (χ1v) is 7.60. The van der Waals surface area contributed by atoms with Gasteiger partial charge in [0.2, 0.25) is 0 Å². The second-order valence-corrected chi connectivity index (χ2v) is 4.96. The third-order valence-corrected chi connectivity index (χ3v) is 3.33. The fourth-order valence-electron chi connectivity index (χ4n) is 2.25. The van der Waals surface area contributed by atoms with Gasteiger partial charge in [0.15, 0.2) is 11.5 Å². The van der Waals surface area contributed by atoms with Crippen LogP contribution in [0.4, 0.5) is 0 Å². The zero-order valence-corrected chi connectivity index (χ0v) is 13.0. The molecule has 0 aliphatic rings. The lowest BCUT2D eigenvalue weighted by Gasteiger charge is -2.12. The maximum absolute atomic E-state index is 10.9. The van der Waals surface area contributed by atoms with Crippen molar-refractivity contribution in [2.24, 2.45) is 5.18 Å². The summed E-state index contributed by atoms with van der Waals surface area (Å²) in [7, 11) is 0. The van der Waals surface area contributed by atoms with Gasteiger partial charge in [-0.2, -0.15) is 4.91 Å². The molecular weight excluding hydrogens is 278 g/mol. The van der Waals surface area contributed by atoms with Gasteiger partial charge in [0.1, 0.15) is 11.8 Å². The van der Waals surface area contributed by atoms with Crippen molar-refractivity contribution in [1.29, 1.82) is 0 Å². The highest BCUT2D eigenvalue weighted by Crippen LogP contribution is 2.32. The van der Waals surface area contributed by atoms with E-state index < -0.39 is 0 Å². The van der Waals surface area contributed by atoms with Gasteiger partial charge in [0, 0.05) is 0 Å². The van der Waals surface area contributed by atoms with Crippen LogP contribution >= 0.6 is 0 Å². The smallest absolute Gasteiger partial charge is 0.169 e. The van der Waals surface area contributed by atoms with Gasteiger partial charge < -0.3 is 9.47 Å². The van der Waals surface area contributed by atoms with Crippen molar-refractivity contribution in [1.82, 2.24) is 0 Å². The molecule has 0 N–H and O–H groups in total. The summed E-state index contributed by atoms with van der Waals surface area (Å²) in [6.07, 6.45) is 1.69. The quantitative estimate of drug-likeness (QED) is 0.606. The number of hydrogen-bond donors (Lipinski definition) is 0. The number of nitroso groups, excluding NO2 is 1. The summed E-state index contributed by atoms with van der Waals surface area (Å²) >= 11 is 0. The van der Waals surface area contributed by atoms with Gasteiger partial charge in [-0.05, 0) is 43.2 Å². The molecule has 0 aliphatic carbocycles. The third kappa shape index (κ3) is 4.07. The molecule has 0 aliphatic heterocycles. The minimum absolute atomic E-state index is 0.283. The third-order valence-electron chi connectivity index (χ3n) is 3.33. The first-order valence-electron chi connectivity index (χ1n) is 7.60. The first-order chi connectivity index (χ1) is 10.8. The van der Waals surface area contributed by atoms with Crippen molar-refractivity contribution >= 4 is 0 Å². The number of ether oxygens (including phenoxy) is 2. The summed E-state index contributed by atoms with van der Waals surface area (Å²) < 4.78 is 11.4. The van der Waals surface area contributed by atoms with Crippen LogP contribution in [-0.2, 0) is 0 Å². The average Bonchev–Trinajstić information content (AvgIpc) is 2.55. The van der Waals surface area contributed by atoms with Gasteiger partial charge in [-0.1, -0.05) is 42.8 Å². The standard InChI is InChI=1S/C18H21NO3/c1-3-7-16(19-20)14-10-12-15(13-11-14)22-18-9-6-5-8-17(18)21-4-2/h5-6,8-13,16H,3-4,7H2,1-2H3. The molecule has 4 heteroatoms. The normalized spacial score (nSPS) is 11.7. The minimum atomic E-state index is -0.283. The molecule has 4 nitrogen and oxygen atoms in total. The Morgan fingerprint density at radius 3 is 2.27 bits per heavy atom. The molecule has 1 atom stereocenters. The number of para-hydroxylation sites is 2. The molecule has 2 aromatic carbocycles. The van der Waals surface area contributed by atoms with E-state index in [0.29, 0.717) is 23.9 Å².